The van der Waals surface area contributed by atoms with E-state index in [1.807, 2.05) is 11.8 Å². The molecule has 0 radical (unpaired) electrons. The first-order valence-corrected chi connectivity index (χ1v) is 8.65. The van der Waals surface area contributed by atoms with E-state index >= 15 is 0 Å². The lowest BCUT2D eigenvalue weighted by atomic mass is 9.79. The molecule has 1 spiro atoms. The number of ether oxygens (including phenoxy) is 1. The van der Waals surface area contributed by atoms with Gasteiger partial charge in [0, 0.05) is 24.0 Å². The number of nitrogens with two attached hydrogens (primary N) is 1. The average molecular weight is 313 g/mol. The van der Waals surface area contributed by atoms with Gasteiger partial charge in [-0.25, -0.2) is 8.78 Å². The molecule has 0 saturated carbocycles. The maximum Gasteiger partial charge on any atom is 0.129 e. The molecule has 0 aromatic heterocycles. The molecule has 3 unspecified atom stereocenters. The lowest BCUT2D eigenvalue weighted by Crippen LogP contribution is -2.46. The number of hydrogen-bond donors (Lipinski definition) is 1. The molecular formula is C16H21F2NOS. The zero-order valence-corrected chi connectivity index (χ0v) is 12.8. The Bertz CT molecular complexity index is 485. The lowest BCUT2D eigenvalue weighted by molar-refractivity contribution is -0.0831. The standard InChI is InChI=1S/C16H21F2NOS/c17-13-2-1-3-14(18)12(13)8-15(19)11-4-6-20-16(9-11)5-7-21-10-16/h1-3,11,15H,4-10,19H2. The largest absolute Gasteiger partial charge is 0.374 e. The fourth-order valence-electron chi connectivity index (χ4n) is 3.42. The summed E-state index contributed by atoms with van der Waals surface area (Å²) in [7, 11) is 0. The van der Waals surface area contributed by atoms with Crippen molar-refractivity contribution in [3.63, 3.8) is 0 Å². The molecule has 2 saturated heterocycles. The van der Waals surface area contributed by atoms with Crippen LogP contribution in [0.3, 0.4) is 0 Å². The number of hydrogen-bond acceptors (Lipinski definition) is 3. The van der Waals surface area contributed by atoms with Crippen molar-refractivity contribution in [3.05, 3.63) is 35.4 Å². The Kier molecular flexibility index (Phi) is 4.52. The molecular weight excluding hydrogens is 292 g/mol. The number of rotatable bonds is 3. The third kappa shape index (κ3) is 3.25. The molecule has 5 heteroatoms. The van der Waals surface area contributed by atoms with Crippen LogP contribution in [0, 0.1) is 17.6 Å². The maximum absolute atomic E-state index is 13.7. The molecule has 2 N–H and O–H groups in total. The Morgan fingerprint density at radius 2 is 2.14 bits per heavy atom. The highest BCUT2D eigenvalue weighted by Crippen LogP contribution is 2.41. The third-order valence-corrected chi connectivity index (χ3v) is 5.93. The first-order chi connectivity index (χ1) is 10.1. The SMILES string of the molecule is NC(Cc1c(F)cccc1F)C1CCOC2(CCSC2)C1. The smallest absolute Gasteiger partial charge is 0.129 e. The number of benzene rings is 1. The summed E-state index contributed by atoms with van der Waals surface area (Å²) in [4.78, 5) is 0. The van der Waals surface area contributed by atoms with E-state index in [1.54, 1.807) is 0 Å². The normalized spacial score (nSPS) is 30.7. The highest BCUT2D eigenvalue weighted by atomic mass is 32.2. The van der Waals surface area contributed by atoms with E-state index in [4.69, 9.17) is 10.5 Å². The van der Waals surface area contributed by atoms with Gasteiger partial charge in [-0.15, -0.1) is 0 Å². The molecule has 21 heavy (non-hydrogen) atoms. The van der Waals surface area contributed by atoms with Gasteiger partial charge in [0.2, 0.25) is 0 Å². The van der Waals surface area contributed by atoms with Gasteiger partial charge in [-0.3, -0.25) is 0 Å². The van der Waals surface area contributed by atoms with Crippen LogP contribution in [0.2, 0.25) is 0 Å². The summed E-state index contributed by atoms with van der Waals surface area (Å²) < 4.78 is 33.5. The molecule has 0 amide bonds. The average Bonchev–Trinajstić information content (AvgIpc) is 2.91. The van der Waals surface area contributed by atoms with Crippen LogP contribution in [0.1, 0.15) is 24.8 Å². The molecule has 116 valence electrons. The molecule has 0 aliphatic carbocycles. The molecule has 2 aliphatic heterocycles. The first kappa shape index (κ1) is 15.3. The third-order valence-electron chi connectivity index (χ3n) is 4.71. The van der Waals surface area contributed by atoms with Gasteiger partial charge in [-0.2, -0.15) is 11.8 Å². The van der Waals surface area contributed by atoms with Gasteiger partial charge in [0.15, 0.2) is 0 Å². The second kappa shape index (κ2) is 6.23. The van der Waals surface area contributed by atoms with Crippen molar-refractivity contribution in [2.24, 2.45) is 11.7 Å². The van der Waals surface area contributed by atoms with Crippen molar-refractivity contribution in [1.82, 2.24) is 0 Å². The topological polar surface area (TPSA) is 35.2 Å². The van der Waals surface area contributed by atoms with E-state index in [1.165, 1.54) is 18.2 Å². The van der Waals surface area contributed by atoms with Crippen LogP contribution in [0.25, 0.3) is 0 Å². The van der Waals surface area contributed by atoms with Gasteiger partial charge in [0.1, 0.15) is 11.6 Å². The molecule has 1 aromatic carbocycles. The fourth-order valence-corrected chi connectivity index (χ4v) is 4.80. The van der Waals surface area contributed by atoms with Crippen molar-refractivity contribution in [1.29, 1.82) is 0 Å². The Balaban J connectivity index is 1.69. The Labute approximate surface area is 128 Å². The monoisotopic (exact) mass is 313 g/mol. The zero-order valence-electron chi connectivity index (χ0n) is 12.0. The highest BCUT2D eigenvalue weighted by Gasteiger charge is 2.42. The van der Waals surface area contributed by atoms with Crippen molar-refractivity contribution >= 4 is 11.8 Å². The van der Waals surface area contributed by atoms with E-state index in [2.05, 4.69) is 0 Å². The minimum Gasteiger partial charge on any atom is -0.374 e. The predicted octanol–water partition coefficient (Wildman–Crippen LogP) is 3.14. The second-order valence-electron chi connectivity index (χ2n) is 6.16. The molecule has 2 fully saturated rings. The van der Waals surface area contributed by atoms with Crippen LogP contribution < -0.4 is 5.73 Å². The Hall–Kier alpha value is -0.650. The van der Waals surface area contributed by atoms with Crippen LogP contribution in [-0.2, 0) is 11.2 Å². The van der Waals surface area contributed by atoms with Gasteiger partial charge in [0.05, 0.1) is 5.60 Å². The van der Waals surface area contributed by atoms with Gasteiger partial charge in [-0.05, 0) is 49.5 Å². The summed E-state index contributed by atoms with van der Waals surface area (Å²) in [5.74, 6) is 1.43. The predicted molar refractivity (Wildman–Crippen MR) is 81.4 cm³/mol. The molecule has 1 aromatic rings. The van der Waals surface area contributed by atoms with E-state index < -0.39 is 11.6 Å². The van der Waals surface area contributed by atoms with Crippen molar-refractivity contribution in [2.75, 3.05) is 18.1 Å². The van der Waals surface area contributed by atoms with Crippen LogP contribution in [-0.4, -0.2) is 29.8 Å². The minimum absolute atomic E-state index is 0.0427. The van der Waals surface area contributed by atoms with E-state index in [0.717, 1.165) is 30.8 Å². The number of thioether (sulfide) groups is 1. The zero-order chi connectivity index (χ0) is 14.9. The first-order valence-electron chi connectivity index (χ1n) is 7.50. The van der Waals surface area contributed by atoms with Gasteiger partial charge in [0.25, 0.3) is 0 Å². The molecule has 3 atom stereocenters. The van der Waals surface area contributed by atoms with Crippen LogP contribution >= 0.6 is 11.8 Å². The van der Waals surface area contributed by atoms with Crippen molar-refractivity contribution in [2.45, 2.75) is 37.3 Å². The van der Waals surface area contributed by atoms with Crippen LogP contribution in [0.5, 0.6) is 0 Å². The fraction of sp³-hybridized carbons (Fsp3) is 0.625. The Morgan fingerprint density at radius 1 is 1.38 bits per heavy atom. The summed E-state index contributed by atoms with van der Waals surface area (Å²) in [6.07, 6.45) is 3.11. The van der Waals surface area contributed by atoms with E-state index in [0.29, 0.717) is 6.61 Å². The molecule has 3 rings (SSSR count). The molecule has 2 aliphatic rings. The minimum atomic E-state index is -0.497. The molecule has 0 bridgehead atoms. The van der Waals surface area contributed by atoms with Crippen LogP contribution in [0.4, 0.5) is 8.78 Å². The Morgan fingerprint density at radius 3 is 2.81 bits per heavy atom. The summed E-state index contributed by atoms with van der Waals surface area (Å²) in [6.45, 7) is 0.707. The summed E-state index contributed by atoms with van der Waals surface area (Å²) in [5, 5.41) is 0. The van der Waals surface area contributed by atoms with E-state index in [9.17, 15) is 8.78 Å². The van der Waals surface area contributed by atoms with Crippen molar-refractivity contribution in [3.8, 4) is 0 Å². The van der Waals surface area contributed by atoms with Crippen molar-refractivity contribution < 1.29 is 13.5 Å². The van der Waals surface area contributed by atoms with E-state index in [-0.39, 0.29) is 29.5 Å². The maximum atomic E-state index is 13.7. The van der Waals surface area contributed by atoms with Gasteiger partial charge < -0.3 is 10.5 Å². The highest BCUT2D eigenvalue weighted by molar-refractivity contribution is 7.99. The summed E-state index contributed by atoms with van der Waals surface area (Å²) in [5.41, 5.74) is 6.35. The summed E-state index contributed by atoms with van der Waals surface area (Å²) in [6, 6.07) is 3.76. The quantitative estimate of drug-likeness (QED) is 0.931. The lowest BCUT2D eigenvalue weighted by Gasteiger charge is -2.40. The number of halogens is 2. The van der Waals surface area contributed by atoms with Crippen LogP contribution in [0.15, 0.2) is 18.2 Å². The molecule has 2 heterocycles. The second-order valence-corrected chi connectivity index (χ2v) is 7.26. The molecule has 2 nitrogen and oxygen atoms in total. The van der Waals surface area contributed by atoms with Gasteiger partial charge in [-0.1, -0.05) is 6.07 Å². The summed E-state index contributed by atoms with van der Waals surface area (Å²) >= 11 is 1.92. The van der Waals surface area contributed by atoms with Gasteiger partial charge >= 0.3 is 0 Å².